The van der Waals surface area contributed by atoms with Crippen LogP contribution in [0.1, 0.15) is 44.3 Å². The summed E-state index contributed by atoms with van der Waals surface area (Å²) < 4.78 is 11.4. The van der Waals surface area contributed by atoms with E-state index < -0.39 is 6.10 Å². The zero-order valence-electron chi connectivity index (χ0n) is 15.9. The van der Waals surface area contributed by atoms with Crippen molar-refractivity contribution in [1.82, 2.24) is 0 Å². The molecule has 0 radical (unpaired) electrons. The largest absolute Gasteiger partial charge is 0.494 e. The first-order valence-corrected chi connectivity index (χ1v) is 9.34. The van der Waals surface area contributed by atoms with E-state index in [-0.39, 0.29) is 0 Å². The van der Waals surface area contributed by atoms with Gasteiger partial charge in [-0.2, -0.15) is 0 Å². The van der Waals surface area contributed by atoms with Crippen molar-refractivity contribution in [3.8, 4) is 5.75 Å². The van der Waals surface area contributed by atoms with Crippen molar-refractivity contribution in [1.29, 1.82) is 0 Å². The summed E-state index contributed by atoms with van der Waals surface area (Å²) in [5.41, 5.74) is 7.42. The van der Waals surface area contributed by atoms with Crippen LogP contribution in [0.5, 0.6) is 5.75 Å². The normalized spacial score (nSPS) is 13.1. The molecule has 0 bridgehead atoms. The third kappa shape index (κ3) is 9.56. The fourth-order valence-corrected chi connectivity index (χ4v) is 2.39. The molecule has 1 rings (SSSR count). The number of ether oxygens (including phenoxy) is 2. The van der Waals surface area contributed by atoms with Gasteiger partial charge in [0.2, 0.25) is 0 Å². The van der Waals surface area contributed by atoms with Gasteiger partial charge in [-0.15, -0.1) is 0 Å². The maximum absolute atomic E-state index is 9.98. The zero-order chi connectivity index (χ0) is 19.0. The van der Waals surface area contributed by atoms with E-state index >= 15 is 0 Å². The van der Waals surface area contributed by atoms with Crippen molar-refractivity contribution in [2.45, 2.75) is 38.7 Å². The van der Waals surface area contributed by atoms with E-state index in [0.29, 0.717) is 26.2 Å². The molecule has 26 heavy (non-hydrogen) atoms. The second-order valence-corrected chi connectivity index (χ2v) is 6.10. The molecule has 0 saturated heterocycles. The molecule has 144 valence electrons. The summed E-state index contributed by atoms with van der Waals surface area (Å²) in [6.07, 6.45) is 10.9. The summed E-state index contributed by atoms with van der Waals surface area (Å²) in [6.45, 7) is 8.24. The SMILES string of the molecule is C=C/C(=C\C=C/C)COCCCCCOc1cccc(C(O)CCN)c1. The van der Waals surface area contributed by atoms with Gasteiger partial charge in [0.1, 0.15) is 5.75 Å². The highest BCUT2D eigenvalue weighted by atomic mass is 16.5. The average molecular weight is 360 g/mol. The van der Waals surface area contributed by atoms with Crippen molar-refractivity contribution in [2.24, 2.45) is 5.73 Å². The highest BCUT2D eigenvalue weighted by Crippen LogP contribution is 2.21. The topological polar surface area (TPSA) is 64.7 Å². The Morgan fingerprint density at radius 1 is 1.27 bits per heavy atom. The number of hydrogen-bond acceptors (Lipinski definition) is 4. The van der Waals surface area contributed by atoms with Crippen LogP contribution in [-0.2, 0) is 4.74 Å². The molecule has 1 atom stereocenters. The van der Waals surface area contributed by atoms with E-state index in [2.05, 4.69) is 6.58 Å². The van der Waals surface area contributed by atoms with Crippen LogP contribution >= 0.6 is 0 Å². The molecule has 0 saturated carbocycles. The maximum Gasteiger partial charge on any atom is 0.119 e. The molecule has 1 aromatic rings. The monoisotopic (exact) mass is 359 g/mol. The van der Waals surface area contributed by atoms with Crippen LogP contribution in [0.15, 0.2) is 60.7 Å². The van der Waals surface area contributed by atoms with E-state index in [1.54, 1.807) is 0 Å². The minimum atomic E-state index is -0.525. The Kier molecular flexibility index (Phi) is 12.2. The lowest BCUT2D eigenvalue weighted by atomic mass is 10.1. The van der Waals surface area contributed by atoms with Crippen molar-refractivity contribution in [2.75, 3.05) is 26.4 Å². The molecular weight excluding hydrogens is 326 g/mol. The maximum atomic E-state index is 9.98. The predicted octanol–water partition coefficient (Wildman–Crippen LogP) is 4.32. The molecular formula is C22H33NO3. The molecule has 0 heterocycles. The van der Waals surface area contributed by atoms with E-state index in [4.69, 9.17) is 15.2 Å². The number of benzene rings is 1. The van der Waals surface area contributed by atoms with Gasteiger partial charge in [-0.3, -0.25) is 0 Å². The number of nitrogens with two attached hydrogens (primary N) is 1. The molecule has 1 unspecified atom stereocenters. The van der Waals surface area contributed by atoms with Crippen LogP contribution in [0.2, 0.25) is 0 Å². The fourth-order valence-electron chi connectivity index (χ4n) is 2.39. The Hall–Kier alpha value is -1.88. The van der Waals surface area contributed by atoms with Gasteiger partial charge in [0.25, 0.3) is 0 Å². The van der Waals surface area contributed by atoms with E-state index in [0.717, 1.165) is 42.8 Å². The number of aliphatic hydroxyl groups excluding tert-OH is 1. The molecule has 0 aliphatic rings. The van der Waals surface area contributed by atoms with Gasteiger partial charge in [0.15, 0.2) is 0 Å². The Balaban J connectivity index is 2.16. The minimum Gasteiger partial charge on any atom is -0.494 e. The van der Waals surface area contributed by atoms with Crippen molar-refractivity contribution in [3.05, 3.63) is 66.3 Å². The van der Waals surface area contributed by atoms with Crippen molar-refractivity contribution >= 4 is 0 Å². The number of hydrogen-bond donors (Lipinski definition) is 2. The van der Waals surface area contributed by atoms with Crippen molar-refractivity contribution in [3.63, 3.8) is 0 Å². The summed E-state index contributed by atoms with van der Waals surface area (Å²) in [6, 6.07) is 7.59. The third-order valence-corrected chi connectivity index (χ3v) is 3.92. The summed E-state index contributed by atoms with van der Waals surface area (Å²) in [5.74, 6) is 0.791. The summed E-state index contributed by atoms with van der Waals surface area (Å²) in [4.78, 5) is 0. The van der Waals surface area contributed by atoms with E-state index in [1.165, 1.54) is 0 Å². The molecule has 1 aromatic carbocycles. The molecule has 0 aromatic heterocycles. The van der Waals surface area contributed by atoms with Gasteiger partial charge in [-0.25, -0.2) is 0 Å². The third-order valence-electron chi connectivity index (χ3n) is 3.92. The van der Waals surface area contributed by atoms with Crippen LogP contribution < -0.4 is 10.5 Å². The Labute approximate surface area is 158 Å². The molecule has 3 N–H and O–H groups in total. The number of allylic oxidation sites excluding steroid dienone is 3. The molecule has 0 amide bonds. The summed E-state index contributed by atoms with van der Waals surface area (Å²) in [5, 5.41) is 9.98. The van der Waals surface area contributed by atoms with Gasteiger partial charge in [-0.05, 0) is 62.4 Å². The lowest BCUT2D eigenvalue weighted by Crippen LogP contribution is -2.07. The number of unbranched alkanes of at least 4 members (excludes halogenated alkanes) is 2. The molecule has 0 aliphatic heterocycles. The van der Waals surface area contributed by atoms with Crippen LogP contribution in [0.3, 0.4) is 0 Å². The Morgan fingerprint density at radius 2 is 2.08 bits per heavy atom. The lowest BCUT2D eigenvalue weighted by Gasteiger charge is -2.12. The fraction of sp³-hybridized carbons (Fsp3) is 0.455. The zero-order valence-corrected chi connectivity index (χ0v) is 15.9. The second kappa shape index (κ2) is 14.3. The second-order valence-electron chi connectivity index (χ2n) is 6.10. The minimum absolute atomic E-state index is 0.466. The lowest BCUT2D eigenvalue weighted by molar-refractivity contribution is 0.151. The van der Waals surface area contributed by atoms with Crippen molar-refractivity contribution < 1.29 is 14.6 Å². The first-order valence-electron chi connectivity index (χ1n) is 9.34. The first-order chi connectivity index (χ1) is 12.7. The highest BCUT2D eigenvalue weighted by molar-refractivity contribution is 5.29. The van der Waals surface area contributed by atoms with Gasteiger partial charge >= 0.3 is 0 Å². The van der Waals surface area contributed by atoms with Crippen LogP contribution in [0, 0.1) is 0 Å². The quantitative estimate of drug-likeness (QED) is 0.383. The number of aliphatic hydroxyl groups is 1. The van der Waals surface area contributed by atoms with Crippen LogP contribution in [-0.4, -0.2) is 31.5 Å². The standard InChI is InChI=1S/C22H33NO3/c1-3-5-10-19(4-2)18-25-15-7-6-8-16-26-21-12-9-11-20(17-21)22(24)13-14-23/h3-5,9-12,17,22,24H,2,6-8,13-16,18,23H2,1H3/b5-3-,19-10+. The molecule has 0 fully saturated rings. The van der Waals surface area contributed by atoms with Gasteiger partial charge in [0.05, 0.1) is 19.3 Å². The number of rotatable bonds is 14. The average Bonchev–Trinajstić information content (AvgIpc) is 2.66. The highest BCUT2D eigenvalue weighted by Gasteiger charge is 2.07. The molecule has 0 spiro atoms. The van der Waals surface area contributed by atoms with Gasteiger partial charge in [0, 0.05) is 6.61 Å². The molecule has 0 aliphatic carbocycles. The summed E-state index contributed by atoms with van der Waals surface area (Å²) in [7, 11) is 0. The molecule has 4 heteroatoms. The van der Waals surface area contributed by atoms with E-state index in [9.17, 15) is 5.11 Å². The Bertz CT molecular complexity index is 566. The van der Waals surface area contributed by atoms with Gasteiger partial charge < -0.3 is 20.3 Å². The van der Waals surface area contributed by atoms with Crippen LogP contribution in [0.25, 0.3) is 0 Å². The first kappa shape index (κ1) is 22.2. The van der Waals surface area contributed by atoms with Gasteiger partial charge in [-0.1, -0.05) is 43.0 Å². The summed E-state index contributed by atoms with van der Waals surface area (Å²) >= 11 is 0. The smallest absolute Gasteiger partial charge is 0.119 e. The van der Waals surface area contributed by atoms with Crippen LogP contribution in [0.4, 0.5) is 0 Å². The predicted molar refractivity (Wildman–Crippen MR) is 108 cm³/mol. The molecule has 4 nitrogen and oxygen atoms in total. The Morgan fingerprint density at radius 3 is 2.81 bits per heavy atom. The van der Waals surface area contributed by atoms with E-state index in [1.807, 2.05) is 55.5 Å².